The maximum Gasteiger partial charge on any atom is 0.227 e. The van der Waals surface area contributed by atoms with Gasteiger partial charge in [0.25, 0.3) is 0 Å². The van der Waals surface area contributed by atoms with Crippen molar-refractivity contribution in [3.05, 3.63) is 18.1 Å². The van der Waals surface area contributed by atoms with Crippen molar-refractivity contribution in [1.82, 2.24) is 15.3 Å². The zero-order chi connectivity index (χ0) is 17.6. The van der Waals surface area contributed by atoms with E-state index >= 15 is 0 Å². The summed E-state index contributed by atoms with van der Waals surface area (Å²) in [5.41, 5.74) is 6.52. The Labute approximate surface area is 145 Å². The summed E-state index contributed by atoms with van der Waals surface area (Å²) >= 11 is 0. The van der Waals surface area contributed by atoms with E-state index in [9.17, 15) is 4.79 Å². The van der Waals surface area contributed by atoms with E-state index in [1.807, 2.05) is 13.8 Å². The summed E-state index contributed by atoms with van der Waals surface area (Å²) < 4.78 is 0. The third kappa shape index (κ3) is 4.04. The Kier molecular flexibility index (Phi) is 6.54. The Bertz CT molecular complexity index is 528. The average molecular weight is 333 g/mol. The van der Waals surface area contributed by atoms with E-state index in [4.69, 9.17) is 5.73 Å². The molecule has 1 amide bonds. The van der Waals surface area contributed by atoms with E-state index < -0.39 is 5.41 Å². The number of amides is 1. The standard InChI is InChI=1S/C18H31N5O/c1-4-14-11-16(21-13-20-14)23-9-7-15(8-10-23)22-17(24)18(5-2,6-3)12-19/h11,13,15H,4-10,12,19H2,1-3H3,(H,22,24). The third-order valence-electron chi connectivity index (χ3n) is 5.45. The molecule has 2 rings (SSSR count). The zero-order valence-corrected chi connectivity index (χ0v) is 15.2. The van der Waals surface area contributed by atoms with Crippen LogP contribution in [-0.2, 0) is 11.2 Å². The van der Waals surface area contributed by atoms with Crippen molar-refractivity contribution in [2.75, 3.05) is 24.5 Å². The molecule has 1 saturated heterocycles. The van der Waals surface area contributed by atoms with E-state index in [-0.39, 0.29) is 11.9 Å². The quantitative estimate of drug-likeness (QED) is 0.796. The monoisotopic (exact) mass is 333 g/mol. The number of aryl methyl sites for hydroxylation is 1. The van der Waals surface area contributed by atoms with Crippen LogP contribution in [0.15, 0.2) is 12.4 Å². The lowest BCUT2D eigenvalue weighted by molar-refractivity contribution is -0.131. The van der Waals surface area contributed by atoms with Gasteiger partial charge in [-0.2, -0.15) is 0 Å². The Morgan fingerprint density at radius 3 is 2.50 bits per heavy atom. The van der Waals surface area contributed by atoms with Crippen molar-refractivity contribution in [2.45, 2.75) is 58.9 Å². The van der Waals surface area contributed by atoms with Gasteiger partial charge in [0.1, 0.15) is 12.1 Å². The molecule has 0 radical (unpaired) electrons. The number of anilines is 1. The average Bonchev–Trinajstić information content (AvgIpc) is 2.64. The van der Waals surface area contributed by atoms with Gasteiger partial charge in [0.2, 0.25) is 5.91 Å². The van der Waals surface area contributed by atoms with Gasteiger partial charge in [-0.15, -0.1) is 0 Å². The summed E-state index contributed by atoms with van der Waals surface area (Å²) in [6.45, 7) is 8.39. The smallest absolute Gasteiger partial charge is 0.227 e. The fourth-order valence-corrected chi connectivity index (χ4v) is 3.30. The minimum absolute atomic E-state index is 0.115. The van der Waals surface area contributed by atoms with Gasteiger partial charge in [0.15, 0.2) is 0 Å². The van der Waals surface area contributed by atoms with Crippen molar-refractivity contribution in [3.8, 4) is 0 Å². The molecule has 0 unspecified atom stereocenters. The number of piperidine rings is 1. The zero-order valence-electron chi connectivity index (χ0n) is 15.2. The number of hydrogen-bond donors (Lipinski definition) is 2. The molecular weight excluding hydrogens is 302 g/mol. The summed E-state index contributed by atoms with van der Waals surface area (Å²) in [7, 11) is 0. The van der Waals surface area contributed by atoms with Crippen LogP contribution in [0.1, 0.15) is 52.1 Å². The Morgan fingerprint density at radius 2 is 1.96 bits per heavy atom. The maximum atomic E-state index is 12.6. The molecule has 24 heavy (non-hydrogen) atoms. The minimum atomic E-state index is -0.417. The highest BCUT2D eigenvalue weighted by molar-refractivity contribution is 5.83. The second-order valence-electron chi connectivity index (χ2n) is 6.65. The van der Waals surface area contributed by atoms with E-state index in [0.29, 0.717) is 6.54 Å². The predicted octanol–water partition coefficient (Wildman–Crippen LogP) is 1.89. The molecule has 3 N–H and O–H groups in total. The molecule has 0 atom stereocenters. The summed E-state index contributed by atoms with van der Waals surface area (Å²) in [5, 5.41) is 3.23. The molecule has 1 aliphatic rings. The van der Waals surface area contributed by atoms with Gasteiger partial charge in [-0.3, -0.25) is 4.79 Å². The molecule has 0 spiro atoms. The number of carbonyl (C=O) groups is 1. The number of nitrogens with one attached hydrogen (secondary N) is 1. The molecule has 1 aromatic heterocycles. The fourth-order valence-electron chi connectivity index (χ4n) is 3.30. The second-order valence-corrected chi connectivity index (χ2v) is 6.65. The van der Waals surface area contributed by atoms with Gasteiger partial charge in [0, 0.05) is 37.4 Å². The van der Waals surface area contributed by atoms with Crippen LogP contribution < -0.4 is 16.0 Å². The Morgan fingerprint density at radius 1 is 1.29 bits per heavy atom. The molecule has 1 fully saturated rings. The van der Waals surface area contributed by atoms with Crippen LogP contribution in [0.2, 0.25) is 0 Å². The molecule has 1 aliphatic heterocycles. The van der Waals surface area contributed by atoms with Crippen molar-refractivity contribution >= 4 is 11.7 Å². The van der Waals surface area contributed by atoms with Gasteiger partial charge in [-0.25, -0.2) is 9.97 Å². The summed E-state index contributed by atoms with van der Waals surface area (Å²) in [6.07, 6.45) is 5.99. The van der Waals surface area contributed by atoms with Gasteiger partial charge < -0.3 is 16.0 Å². The topological polar surface area (TPSA) is 84.1 Å². The lowest BCUT2D eigenvalue weighted by Crippen LogP contribution is -2.51. The lowest BCUT2D eigenvalue weighted by atomic mass is 9.81. The first-order chi connectivity index (χ1) is 11.6. The molecule has 134 valence electrons. The normalized spacial score (nSPS) is 16.2. The molecule has 0 aliphatic carbocycles. The number of hydrogen-bond acceptors (Lipinski definition) is 5. The highest BCUT2D eigenvalue weighted by Crippen LogP contribution is 2.26. The number of nitrogens with zero attached hydrogens (tertiary/aromatic N) is 3. The summed E-state index contributed by atoms with van der Waals surface area (Å²) in [4.78, 5) is 23.6. The van der Waals surface area contributed by atoms with E-state index in [0.717, 1.165) is 56.7 Å². The molecule has 0 aromatic carbocycles. The number of aromatic nitrogens is 2. The molecule has 6 heteroatoms. The highest BCUT2D eigenvalue weighted by atomic mass is 16.2. The molecule has 6 nitrogen and oxygen atoms in total. The third-order valence-corrected chi connectivity index (χ3v) is 5.45. The van der Waals surface area contributed by atoms with Crippen LogP contribution in [0.25, 0.3) is 0 Å². The molecular formula is C18H31N5O. The molecule has 0 bridgehead atoms. The molecule has 2 heterocycles. The highest BCUT2D eigenvalue weighted by Gasteiger charge is 2.35. The van der Waals surface area contributed by atoms with Crippen molar-refractivity contribution in [3.63, 3.8) is 0 Å². The first-order valence-electron chi connectivity index (χ1n) is 9.15. The van der Waals surface area contributed by atoms with Crippen LogP contribution in [0.5, 0.6) is 0 Å². The van der Waals surface area contributed by atoms with Crippen LogP contribution in [-0.4, -0.2) is 41.6 Å². The van der Waals surface area contributed by atoms with Gasteiger partial charge in [0.05, 0.1) is 5.41 Å². The molecule has 0 saturated carbocycles. The number of rotatable bonds is 7. The molecule has 1 aromatic rings. The first kappa shape index (κ1) is 18.6. The van der Waals surface area contributed by atoms with Gasteiger partial charge in [-0.1, -0.05) is 20.8 Å². The van der Waals surface area contributed by atoms with Crippen LogP contribution in [0, 0.1) is 5.41 Å². The van der Waals surface area contributed by atoms with E-state index in [1.54, 1.807) is 6.33 Å². The van der Waals surface area contributed by atoms with E-state index in [1.165, 1.54) is 0 Å². The van der Waals surface area contributed by atoms with E-state index in [2.05, 4.69) is 33.2 Å². The second kappa shape index (κ2) is 8.42. The summed E-state index contributed by atoms with van der Waals surface area (Å²) in [6, 6.07) is 2.29. The maximum absolute atomic E-state index is 12.6. The van der Waals surface area contributed by atoms with Crippen LogP contribution in [0.3, 0.4) is 0 Å². The summed E-state index contributed by atoms with van der Waals surface area (Å²) in [5.74, 6) is 1.11. The predicted molar refractivity (Wildman–Crippen MR) is 96.9 cm³/mol. The van der Waals surface area contributed by atoms with Crippen LogP contribution >= 0.6 is 0 Å². The number of carbonyl (C=O) groups excluding carboxylic acids is 1. The lowest BCUT2D eigenvalue weighted by Gasteiger charge is -2.36. The van der Waals surface area contributed by atoms with Crippen molar-refractivity contribution in [2.24, 2.45) is 11.1 Å². The number of nitrogens with two attached hydrogens (primary N) is 1. The van der Waals surface area contributed by atoms with Crippen LogP contribution in [0.4, 0.5) is 5.82 Å². The Hall–Kier alpha value is -1.69. The first-order valence-corrected chi connectivity index (χ1v) is 9.15. The Balaban J connectivity index is 1.91. The van der Waals surface area contributed by atoms with Crippen molar-refractivity contribution in [1.29, 1.82) is 0 Å². The largest absolute Gasteiger partial charge is 0.356 e. The van der Waals surface area contributed by atoms with Gasteiger partial charge in [-0.05, 0) is 32.1 Å². The fraction of sp³-hybridized carbons (Fsp3) is 0.722. The van der Waals surface area contributed by atoms with Gasteiger partial charge >= 0.3 is 0 Å². The van der Waals surface area contributed by atoms with Crippen molar-refractivity contribution < 1.29 is 4.79 Å². The minimum Gasteiger partial charge on any atom is -0.356 e. The SMILES string of the molecule is CCc1cc(N2CCC(NC(=O)C(CC)(CC)CN)CC2)ncn1.